The predicted molar refractivity (Wildman–Crippen MR) is 139 cm³/mol. The highest BCUT2D eigenvalue weighted by molar-refractivity contribution is 6.36. The van der Waals surface area contributed by atoms with Gasteiger partial charge in [-0.15, -0.1) is 5.10 Å². The molecule has 0 bridgehead atoms. The fourth-order valence-electron chi connectivity index (χ4n) is 4.32. The molecule has 3 aromatic heterocycles. The smallest absolute Gasteiger partial charge is 0.249 e. The molecule has 39 heavy (non-hydrogen) atoms. The molecule has 1 aliphatic rings. The molecule has 1 unspecified atom stereocenters. The van der Waals surface area contributed by atoms with Gasteiger partial charge in [0.2, 0.25) is 5.95 Å². The third-order valence-corrected chi connectivity index (χ3v) is 6.67. The topological polar surface area (TPSA) is 104 Å². The molecule has 0 saturated heterocycles. The standard InChI is InChI=1S/C27H18ClF3N8/c28-20-8-15(35-26(18-3-1-2-4-21(18)29)23-13-39(38-37-23)17-5-6-17)7-19-24(14(10-32)11-33-25(19)20)36-16-9-22(30)27(31)34-12-16/h1-4,7-9,11-13,17,26,35H,5-6H2,(H,33,36). The molecule has 12 heteroatoms. The summed E-state index contributed by atoms with van der Waals surface area (Å²) in [7, 11) is 0. The van der Waals surface area contributed by atoms with Crippen molar-refractivity contribution in [3.63, 3.8) is 0 Å². The van der Waals surface area contributed by atoms with E-state index in [2.05, 4.69) is 30.9 Å². The summed E-state index contributed by atoms with van der Waals surface area (Å²) >= 11 is 6.60. The Kier molecular flexibility index (Phi) is 6.24. The van der Waals surface area contributed by atoms with Crippen LogP contribution in [0.2, 0.25) is 5.02 Å². The van der Waals surface area contributed by atoms with Crippen LogP contribution in [0.3, 0.4) is 0 Å². The second-order valence-electron chi connectivity index (χ2n) is 9.09. The van der Waals surface area contributed by atoms with E-state index in [1.54, 1.807) is 41.2 Å². The molecular formula is C27H18ClF3N8. The first-order valence-electron chi connectivity index (χ1n) is 11.9. The molecule has 6 rings (SSSR count). The van der Waals surface area contributed by atoms with Crippen molar-refractivity contribution in [2.24, 2.45) is 0 Å². The largest absolute Gasteiger partial charge is 0.373 e. The molecular weight excluding hydrogens is 529 g/mol. The SMILES string of the molecule is N#Cc1cnc2c(Cl)cc(NC(c3cn(C4CC4)nn3)c3ccccc3F)cc2c1Nc1cnc(F)c(F)c1. The van der Waals surface area contributed by atoms with Crippen LogP contribution in [-0.4, -0.2) is 25.0 Å². The average Bonchev–Trinajstić information content (AvgIpc) is 3.67. The molecule has 1 atom stereocenters. The molecule has 0 amide bonds. The van der Waals surface area contributed by atoms with Gasteiger partial charge in [-0.05, 0) is 31.0 Å². The first-order chi connectivity index (χ1) is 18.9. The van der Waals surface area contributed by atoms with Gasteiger partial charge in [-0.3, -0.25) is 4.98 Å². The second kappa shape index (κ2) is 9.89. The molecule has 3 heterocycles. The molecule has 2 aromatic carbocycles. The van der Waals surface area contributed by atoms with Gasteiger partial charge in [0, 0.05) is 28.9 Å². The van der Waals surface area contributed by atoms with Crippen molar-refractivity contribution < 1.29 is 13.2 Å². The molecule has 2 N–H and O–H groups in total. The van der Waals surface area contributed by atoms with Crippen LogP contribution in [0.1, 0.15) is 41.7 Å². The lowest BCUT2D eigenvalue weighted by Gasteiger charge is -2.20. The first kappa shape index (κ1) is 24.6. The van der Waals surface area contributed by atoms with Crippen LogP contribution in [-0.2, 0) is 0 Å². The highest BCUT2D eigenvalue weighted by Crippen LogP contribution is 2.38. The van der Waals surface area contributed by atoms with E-state index in [4.69, 9.17) is 11.6 Å². The number of benzene rings is 2. The Labute approximate surface area is 225 Å². The second-order valence-corrected chi connectivity index (χ2v) is 9.50. The zero-order chi connectivity index (χ0) is 27.1. The molecule has 1 fully saturated rings. The van der Waals surface area contributed by atoms with Crippen molar-refractivity contribution >= 4 is 39.6 Å². The molecule has 0 spiro atoms. The van der Waals surface area contributed by atoms with E-state index in [1.165, 1.54) is 12.3 Å². The molecule has 0 radical (unpaired) electrons. The number of rotatable bonds is 7. The molecule has 1 aliphatic carbocycles. The number of hydrogen-bond donors (Lipinski definition) is 2. The minimum Gasteiger partial charge on any atom is -0.373 e. The van der Waals surface area contributed by atoms with Gasteiger partial charge < -0.3 is 10.6 Å². The van der Waals surface area contributed by atoms with Crippen molar-refractivity contribution in [3.8, 4) is 6.07 Å². The Bertz CT molecular complexity index is 1760. The van der Waals surface area contributed by atoms with Gasteiger partial charge in [-0.1, -0.05) is 35.0 Å². The first-order valence-corrected chi connectivity index (χ1v) is 12.3. The lowest BCUT2D eigenvalue weighted by Crippen LogP contribution is -2.15. The van der Waals surface area contributed by atoms with Crippen LogP contribution >= 0.6 is 11.6 Å². The fraction of sp³-hybridized carbons (Fsp3) is 0.148. The van der Waals surface area contributed by atoms with E-state index in [-0.39, 0.29) is 28.0 Å². The van der Waals surface area contributed by atoms with E-state index in [0.29, 0.717) is 27.8 Å². The summed E-state index contributed by atoms with van der Waals surface area (Å²) in [5.74, 6) is -2.82. The average molecular weight is 547 g/mol. The van der Waals surface area contributed by atoms with Crippen molar-refractivity contribution in [1.29, 1.82) is 5.26 Å². The summed E-state index contributed by atoms with van der Waals surface area (Å²) in [6.07, 6.45) is 6.25. The molecule has 0 aliphatic heterocycles. The number of anilines is 3. The van der Waals surface area contributed by atoms with Crippen LogP contribution in [0.4, 0.5) is 30.2 Å². The van der Waals surface area contributed by atoms with Gasteiger partial charge in [-0.25, -0.2) is 18.4 Å². The fourth-order valence-corrected chi connectivity index (χ4v) is 4.59. The van der Waals surface area contributed by atoms with Gasteiger partial charge in [0.25, 0.3) is 0 Å². The van der Waals surface area contributed by atoms with Gasteiger partial charge in [0.05, 0.1) is 45.9 Å². The van der Waals surface area contributed by atoms with Gasteiger partial charge in [-0.2, -0.15) is 9.65 Å². The number of aromatic nitrogens is 5. The number of nitrogens with one attached hydrogen (secondary N) is 2. The summed E-state index contributed by atoms with van der Waals surface area (Å²) < 4.78 is 44.0. The highest BCUT2D eigenvalue weighted by Gasteiger charge is 2.28. The normalized spacial score (nSPS) is 13.7. The summed E-state index contributed by atoms with van der Waals surface area (Å²) in [6, 6.07) is 12.2. The van der Waals surface area contributed by atoms with E-state index in [1.807, 2.05) is 6.07 Å². The van der Waals surface area contributed by atoms with Crippen LogP contribution in [0.15, 0.2) is 61.1 Å². The maximum atomic E-state index is 15.0. The summed E-state index contributed by atoms with van der Waals surface area (Å²) in [4.78, 5) is 7.70. The van der Waals surface area contributed by atoms with E-state index in [0.717, 1.165) is 25.1 Å². The van der Waals surface area contributed by atoms with Crippen LogP contribution in [0.5, 0.6) is 0 Å². The van der Waals surface area contributed by atoms with Crippen molar-refractivity contribution in [1.82, 2.24) is 25.0 Å². The Hall–Kier alpha value is -4.69. The minimum atomic E-state index is -1.24. The van der Waals surface area contributed by atoms with Crippen LogP contribution < -0.4 is 10.6 Å². The number of nitrogens with zero attached hydrogens (tertiary/aromatic N) is 6. The van der Waals surface area contributed by atoms with Gasteiger partial charge in [0.15, 0.2) is 5.82 Å². The lowest BCUT2D eigenvalue weighted by molar-refractivity contribution is 0.480. The Morgan fingerprint density at radius 1 is 1.03 bits per heavy atom. The number of hydrogen-bond acceptors (Lipinski definition) is 7. The summed E-state index contributed by atoms with van der Waals surface area (Å²) in [5.41, 5.74) is 2.23. The number of pyridine rings is 2. The molecule has 8 nitrogen and oxygen atoms in total. The molecule has 5 aromatic rings. The van der Waals surface area contributed by atoms with E-state index in [9.17, 15) is 18.4 Å². The van der Waals surface area contributed by atoms with Crippen molar-refractivity contribution in [2.75, 3.05) is 10.6 Å². The number of halogens is 4. The molecule has 1 saturated carbocycles. The third kappa shape index (κ3) is 4.82. The summed E-state index contributed by atoms with van der Waals surface area (Å²) in [5, 5.41) is 25.2. The Morgan fingerprint density at radius 2 is 1.85 bits per heavy atom. The lowest BCUT2D eigenvalue weighted by atomic mass is 10.0. The Balaban J connectivity index is 1.45. The van der Waals surface area contributed by atoms with E-state index < -0.39 is 23.6 Å². The predicted octanol–water partition coefficient (Wildman–Crippen LogP) is 6.44. The number of fused-ring (bicyclic) bond motifs is 1. The van der Waals surface area contributed by atoms with Gasteiger partial charge in [0.1, 0.15) is 23.6 Å². The zero-order valence-corrected chi connectivity index (χ0v) is 20.8. The quantitative estimate of drug-likeness (QED) is 0.226. The highest BCUT2D eigenvalue weighted by atomic mass is 35.5. The maximum absolute atomic E-state index is 15.0. The van der Waals surface area contributed by atoms with Crippen LogP contribution in [0, 0.1) is 28.9 Å². The van der Waals surface area contributed by atoms with Gasteiger partial charge >= 0.3 is 0 Å². The molecule has 194 valence electrons. The van der Waals surface area contributed by atoms with Crippen molar-refractivity contribution in [2.45, 2.75) is 24.9 Å². The zero-order valence-electron chi connectivity index (χ0n) is 20.0. The van der Waals surface area contributed by atoms with Crippen LogP contribution in [0.25, 0.3) is 10.9 Å². The Morgan fingerprint density at radius 3 is 2.59 bits per heavy atom. The minimum absolute atomic E-state index is 0.119. The van der Waals surface area contributed by atoms with E-state index >= 15 is 0 Å². The maximum Gasteiger partial charge on any atom is 0.249 e. The van der Waals surface area contributed by atoms with Crippen molar-refractivity contribution in [3.05, 3.63) is 100 Å². The number of nitriles is 1. The summed E-state index contributed by atoms with van der Waals surface area (Å²) in [6.45, 7) is 0. The third-order valence-electron chi connectivity index (χ3n) is 6.38. The monoisotopic (exact) mass is 546 g/mol.